The number of carbonyl (C=O) groups is 1. The monoisotopic (exact) mass is 429 g/mol. The number of thiophene rings is 1. The number of benzene rings is 2. The van der Waals surface area contributed by atoms with E-state index in [9.17, 15) is 19.3 Å². The van der Waals surface area contributed by atoms with Gasteiger partial charge in [0.25, 0.3) is 11.6 Å². The molecule has 156 valence electrons. The fourth-order valence-corrected chi connectivity index (χ4v) is 4.52. The summed E-state index contributed by atoms with van der Waals surface area (Å²) in [5, 5.41) is 14.6. The highest BCUT2D eigenvalue weighted by Gasteiger charge is 2.24. The largest absolute Gasteiger partial charge is 0.379 e. The number of amides is 1. The number of hydrogen-bond donors (Lipinski definition) is 1. The van der Waals surface area contributed by atoms with Gasteiger partial charge in [0.2, 0.25) is 0 Å². The van der Waals surface area contributed by atoms with Crippen LogP contribution in [0.15, 0.2) is 48.5 Å². The number of nitro groups is 1. The smallest absolute Gasteiger partial charge is 0.270 e. The van der Waals surface area contributed by atoms with E-state index in [0.717, 1.165) is 23.4 Å². The summed E-state index contributed by atoms with van der Waals surface area (Å²) >= 11 is 1.29. The zero-order valence-electron chi connectivity index (χ0n) is 16.0. The number of rotatable bonds is 6. The second-order valence-electron chi connectivity index (χ2n) is 7.02. The minimum atomic E-state index is -0.452. The van der Waals surface area contributed by atoms with Gasteiger partial charge in [-0.3, -0.25) is 19.8 Å². The topological polar surface area (TPSA) is 84.7 Å². The maximum Gasteiger partial charge on any atom is 0.270 e. The maximum absolute atomic E-state index is 13.4. The number of non-ortho nitro benzene ring substituents is 1. The predicted molar refractivity (Wildman–Crippen MR) is 112 cm³/mol. The SMILES string of the molecule is O=C(NCC(c1ccc(F)cc1)N1CCOCC1)c1cc2cc([N+](=O)[O-])ccc2s1. The van der Waals surface area contributed by atoms with E-state index < -0.39 is 4.92 Å². The molecular formula is C21H20FN3O4S. The molecule has 4 rings (SSSR count). The van der Waals surface area contributed by atoms with Crippen LogP contribution >= 0.6 is 11.3 Å². The van der Waals surface area contributed by atoms with Crippen LogP contribution in [0, 0.1) is 15.9 Å². The third-order valence-corrected chi connectivity index (χ3v) is 6.25. The highest BCUT2D eigenvalue weighted by atomic mass is 32.1. The number of morpholine rings is 1. The third-order valence-electron chi connectivity index (χ3n) is 5.13. The lowest BCUT2D eigenvalue weighted by molar-refractivity contribution is -0.384. The molecule has 1 saturated heterocycles. The van der Waals surface area contributed by atoms with Crippen molar-refractivity contribution in [2.24, 2.45) is 0 Å². The number of nitrogens with zero attached hydrogens (tertiary/aromatic N) is 2. The lowest BCUT2D eigenvalue weighted by Gasteiger charge is -2.34. The number of hydrogen-bond acceptors (Lipinski definition) is 6. The van der Waals surface area contributed by atoms with Crippen molar-refractivity contribution in [3.63, 3.8) is 0 Å². The average Bonchev–Trinajstić information content (AvgIpc) is 3.19. The number of fused-ring (bicyclic) bond motifs is 1. The summed E-state index contributed by atoms with van der Waals surface area (Å²) in [5.41, 5.74) is 0.918. The van der Waals surface area contributed by atoms with Gasteiger partial charge in [-0.2, -0.15) is 0 Å². The molecule has 0 saturated carbocycles. The number of ether oxygens (including phenoxy) is 1. The number of carbonyl (C=O) groups excluding carboxylic acids is 1. The first kappa shape index (κ1) is 20.4. The molecule has 1 fully saturated rings. The van der Waals surface area contributed by atoms with Gasteiger partial charge < -0.3 is 10.1 Å². The molecule has 1 amide bonds. The zero-order chi connectivity index (χ0) is 21.1. The van der Waals surface area contributed by atoms with Gasteiger partial charge in [0, 0.05) is 41.9 Å². The minimum Gasteiger partial charge on any atom is -0.379 e. The van der Waals surface area contributed by atoms with Gasteiger partial charge in [-0.15, -0.1) is 11.3 Å². The molecule has 1 aliphatic heterocycles. The molecule has 1 aromatic heterocycles. The highest BCUT2D eigenvalue weighted by Crippen LogP contribution is 2.29. The molecule has 0 spiro atoms. The Hall–Kier alpha value is -2.88. The lowest BCUT2D eigenvalue weighted by Crippen LogP contribution is -2.43. The van der Waals surface area contributed by atoms with E-state index in [0.29, 0.717) is 30.0 Å². The van der Waals surface area contributed by atoms with Crippen molar-refractivity contribution < 1.29 is 18.8 Å². The first-order chi connectivity index (χ1) is 14.5. The third kappa shape index (κ3) is 4.48. The Kier molecular flexibility index (Phi) is 6.03. The Morgan fingerprint density at radius 3 is 2.63 bits per heavy atom. The van der Waals surface area contributed by atoms with E-state index in [1.807, 2.05) is 0 Å². The van der Waals surface area contributed by atoms with Crippen LogP contribution in [0.5, 0.6) is 0 Å². The molecule has 7 nitrogen and oxygen atoms in total. The summed E-state index contributed by atoms with van der Waals surface area (Å²) in [6.45, 7) is 3.04. The summed E-state index contributed by atoms with van der Waals surface area (Å²) in [6.07, 6.45) is 0. The van der Waals surface area contributed by atoms with Gasteiger partial charge in [-0.1, -0.05) is 12.1 Å². The summed E-state index contributed by atoms with van der Waals surface area (Å²) in [7, 11) is 0. The lowest BCUT2D eigenvalue weighted by atomic mass is 10.0. The predicted octanol–water partition coefficient (Wildman–Crippen LogP) is 3.75. The molecule has 2 heterocycles. The fourth-order valence-electron chi connectivity index (χ4n) is 3.56. The van der Waals surface area contributed by atoms with Crippen molar-refractivity contribution in [3.05, 3.63) is 74.9 Å². The van der Waals surface area contributed by atoms with Crippen LogP contribution in [-0.2, 0) is 4.74 Å². The van der Waals surface area contributed by atoms with Gasteiger partial charge in [0.1, 0.15) is 5.82 Å². The summed E-state index contributed by atoms with van der Waals surface area (Å²) in [5.74, 6) is -0.540. The van der Waals surface area contributed by atoms with Crippen LogP contribution in [0.4, 0.5) is 10.1 Å². The molecule has 1 aliphatic rings. The fraction of sp³-hybridized carbons (Fsp3) is 0.286. The molecule has 1 atom stereocenters. The van der Waals surface area contributed by atoms with Crippen molar-refractivity contribution in [2.45, 2.75) is 6.04 Å². The molecule has 0 aliphatic carbocycles. The first-order valence-electron chi connectivity index (χ1n) is 9.55. The minimum absolute atomic E-state index is 0.00375. The molecule has 1 N–H and O–H groups in total. The Morgan fingerprint density at radius 1 is 1.20 bits per heavy atom. The molecule has 0 radical (unpaired) electrons. The maximum atomic E-state index is 13.4. The van der Waals surface area contributed by atoms with Crippen molar-refractivity contribution >= 4 is 33.0 Å². The van der Waals surface area contributed by atoms with Crippen molar-refractivity contribution in [3.8, 4) is 0 Å². The standard InChI is InChI=1S/C21H20FN3O4S/c22-16-3-1-14(2-4-16)18(24-7-9-29-10-8-24)13-23-21(26)20-12-15-11-17(25(27)28)5-6-19(15)30-20/h1-6,11-12,18H,7-10,13H2,(H,23,26). The van der Waals surface area contributed by atoms with Gasteiger partial charge in [0.05, 0.1) is 29.1 Å². The van der Waals surface area contributed by atoms with E-state index in [1.54, 1.807) is 24.3 Å². The molecule has 30 heavy (non-hydrogen) atoms. The summed E-state index contributed by atoms with van der Waals surface area (Å²) < 4.78 is 19.6. The molecule has 2 aromatic carbocycles. The Morgan fingerprint density at radius 2 is 1.93 bits per heavy atom. The van der Waals surface area contributed by atoms with Crippen molar-refractivity contribution in [2.75, 3.05) is 32.8 Å². The molecule has 1 unspecified atom stereocenters. The summed E-state index contributed by atoms with van der Waals surface area (Å²) in [6, 6.07) is 12.4. The molecule has 3 aromatic rings. The van der Waals surface area contributed by atoms with Gasteiger partial charge in [-0.05, 0) is 29.8 Å². The van der Waals surface area contributed by atoms with Crippen LogP contribution in [0.3, 0.4) is 0 Å². The van der Waals surface area contributed by atoms with E-state index in [-0.39, 0.29) is 23.5 Å². The summed E-state index contributed by atoms with van der Waals surface area (Å²) in [4.78, 5) is 26.0. The van der Waals surface area contributed by atoms with Crippen LogP contribution < -0.4 is 5.32 Å². The van der Waals surface area contributed by atoms with E-state index in [2.05, 4.69) is 10.2 Å². The molecule has 9 heteroatoms. The second kappa shape index (κ2) is 8.86. The van der Waals surface area contributed by atoms with Gasteiger partial charge in [-0.25, -0.2) is 4.39 Å². The number of nitro benzene ring substituents is 1. The van der Waals surface area contributed by atoms with Crippen LogP contribution in [0.2, 0.25) is 0 Å². The Labute approximate surface area is 176 Å². The van der Waals surface area contributed by atoms with Crippen LogP contribution in [-0.4, -0.2) is 48.6 Å². The quantitative estimate of drug-likeness (QED) is 0.477. The van der Waals surface area contributed by atoms with Crippen molar-refractivity contribution in [1.29, 1.82) is 0 Å². The first-order valence-corrected chi connectivity index (χ1v) is 10.4. The average molecular weight is 429 g/mol. The van der Waals surface area contributed by atoms with Gasteiger partial charge >= 0.3 is 0 Å². The molecular weight excluding hydrogens is 409 g/mol. The van der Waals surface area contributed by atoms with E-state index >= 15 is 0 Å². The molecule has 0 bridgehead atoms. The van der Waals surface area contributed by atoms with Crippen LogP contribution in [0.25, 0.3) is 10.1 Å². The van der Waals surface area contributed by atoms with Gasteiger partial charge in [0.15, 0.2) is 0 Å². The van der Waals surface area contributed by atoms with Crippen LogP contribution in [0.1, 0.15) is 21.3 Å². The van der Waals surface area contributed by atoms with E-state index in [1.165, 1.54) is 35.6 Å². The highest BCUT2D eigenvalue weighted by molar-refractivity contribution is 7.20. The zero-order valence-corrected chi connectivity index (χ0v) is 16.9. The van der Waals surface area contributed by atoms with Crippen molar-refractivity contribution in [1.82, 2.24) is 10.2 Å². The Balaban J connectivity index is 1.51. The normalized spacial score (nSPS) is 15.8. The van der Waals surface area contributed by atoms with E-state index in [4.69, 9.17) is 4.74 Å². The number of nitrogens with one attached hydrogen (secondary N) is 1. The second-order valence-corrected chi connectivity index (χ2v) is 8.10. The number of halogens is 1. The Bertz CT molecular complexity index is 1060.